The van der Waals surface area contributed by atoms with Gasteiger partial charge in [-0.1, -0.05) is 18.2 Å². The molecule has 4 rings (SSSR count). The molecule has 1 aliphatic heterocycles. The average molecular weight is 445 g/mol. The van der Waals surface area contributed by atoms with Gasteiger partial charge in [0, 0.05) is 41.0 Å². The summed E-state index contributed by atoms with van der Waals surface area (Å²) in [5.74, 6) is 2.05. The minimum atomic E-state index is 0.0164. The lowest BCUT2D eigenvalue weighted by atomic mass is 10.0. The number of ether oxygens (including phenoxy) is 1. The highest BCUT2D eigenvalue weighted by molar-refractivity contribution is 9.10. The third-order valence-electron chi connectivity index (χ3n) is 4.19. The predicted molar refractivity (Wildman–Crippen MR) is 109 cm³/mol. The number of halogens is 1. The SMILES string of the molecule is O=C1NCCC1Cc1csc(Nc2ncc(Br)cc2Oc2ccccc2)n1. The Bertz CT molecular complexity index is 948. The first kappa shape index (κ1) is 17.9. The van der Waals surface area contributed by atoms with Gasteiger partial charge in [-0.25, -0.2) is 9.97 Å². The Balaban J connectivity index is 1.50. The van der Waals surface area contributed by atoms with Crippen LogP contribution in [-0.4, -0.2) is 22.4 Å². The van der Waals surface area contributed by atoms with Gasteiger partial charge in [0.2, 0.25) is 5.91 Å². The smallest absolute Gasteiger partial charge is 0.223 e. The lowest BCUT2D eigenvalue weighted by Crippen LogP contribution is -2.20. The Hall–Kier alpha value is -2.45. The third kappa shape index (κ3) is 4.45. The molecule has 2 aromatic heterocycles. The first-order valence-corrected chi connectivity index (χ1v) is 10.2. The van der Waals surface area contributed by atoms with Gasteiger partial charge in [-0.2, -0.15) is 0 Å². The molecule has 6 nitrogen and oxygen atoms in total. The van der Waals surface area contributed by atoms with Crippen molar-refractivity contribution in [3.63, 3.8) is 0 Å². The maximum atomic E-state index is 11.7. The zero-order chi connectivity index (χ0) is 18.6. The zero-order valence-electron chi connectivity index (χ0n) is 14.3. The van der Waals surface area contributed by atoms with Gasteiger partial charge in [0.1, 0.15) is 5.75 Å². The zero-order valence-corrected chi connectivity index (χ0v) is 16.7. The molecule has 27 heavy (non-hydrogen) atoms. The third-order valence-corrected chi connectivity index (χ3v) is 5.43. The topological polar surface area (TPSA) is 76.1 Å². The molecular weight excluding hydrogens is 428 g/mol. The van der Waals surface area contributed by atoms with E-state index >= 15 is 0 Å². The minimum Gasteiger partial charge on any atom is -0.453 e. The number of nitrogens with one attached hydrogen (secondary N) is 2. The summed E-state index contributed by atoms with van der Waals surface area (Å²) in [6.07, 6.45) is 3.23. The number of rotatable bonds is 6. The number of pyridine rings is 1. The van der Waals surface area contributed by atoms with Gasteiger partial charge in [-0.05, 0) is 34.5 Å². The van der Waals surface area contributed by atoms with Crippen molar-refractivity contribution < 1.29 is 9.53 Å². The second-order valence-electron chi connectivity index (χ2n) is 6.17. The minimum absolute atomic E-state index is 0.0164. The number of anilines is 2. The van der Waals surface area contributed by atoms with E-state index in [1.54, 1.807) is 6.20 Å². The fraction of sp³-hybridized carbons (Fsp3) is 0.211. The molecule has 3 heterocycles. The van der Waals surface area contributed by atoms with Gasteiger partial charge in [-0.15, -0.1) is 11.3 Å². The normalized spacial score (nSPS) is 16.2. The molecule has 138 valence electrons. The van der Waals surface area contributed by atoms with Gasteiger partial charge >= 0.3 is 0 Å². The molecule has 8 heteroatoms. The maximum Gasteiger partial charge on any atom is 0.223 e. The first-order chi connectivity index (χ1) is 13.2. The molecule has 1 atom stereocenters. The van der Waals surface area contributed by atoms with Crippen molar-refractivity contribution in [1.82, 2.24) is 15.3 Å². The predicted octanol–water partition coefficient (Wildman–Crippen LogP) is 4.52. The highest BCUT2D eigenvalue weighted by atomic mass is 79.9. The van der Waals surface area contributed by atoms with Crippen LogP contribution < -0.4 is 15.4 Å². The maximum absolute atomic E-state index is 11.7. The number of hydrogen-bond acceptors (Lipinski definition) is 6. The summed E-state index contributed by atoms with van der Waals surface area (Å²) in [4.78, 5) is 20.8. The summed E-state index contributed by atoms with van der Waals surface area (Å²) in [6, 6.07) is 11.4. The molecule has 1 aliphatic rings. The van der Waals surface area contributed by atoms with Crippen LogP contribution in [0, 0.1) is 5.92 Å². The van der Waals surface area contributed by atoms with E-state index < -0.39 is 0 Å². The molecule has 0 bridgehead atoms. The molecule has 1 amide bonds. The van der Waals surface area contributed by atoms with E-state index in [1.807, 2.05) is 41.8 Å². The van der Waals surface area contributed by atoms with Gasteiger partial charge in [0.05, 0.1) is 5.69 Å². The van der Waals surface area contributed by atoms with Crippen LogP contribution in [0.25, 0.3) is 0 Å². The number of carbonyl (C=O) groups excluding carboxylic acids is 1. The Labute approximate surface area is 169 Å². The number of carbonyl (C=O) groups is 1. The Morgan fingerprint density at radius 2 is 2.19 bits per heavy atom. The number of para-hydroxylation sites is 1. The van der Waals surface area contributed by atoms with Crippen LogP contribution in [0.5, 0.6) is 11.5 Å². The number of nitrogens with zero attached hydrogens (tertiary/aromatic N) is 2. The molecule has 1 unspecified atom stereocenters. The molecule has 0 aliphatic carbocycles. The number of amides is 1. The molecule has 1 fully saturated rings. The lowest BCUT2D eigenvalue weighted by Gasteiger charge is -2.11. The summed E-state index contributed by atoms with van der Waals surface area (Å²) in [5, 5.41) is 8.78. The standard InChI is InChI=1S/C19H17BrN4O2S/c20-13-9-16(26-15-4-2-1-3-5-15)17(22-10-13)24-19-23-14(11-27-19)8-12-6-7-21-18(12)25/h1-5,9-12H,6-8H2,(H,21,25)(H,22,23,24). The molecule has 1 saturated heterocycles. The fourth-order valence-corrected chi connectivity index (χ4v) is 3.89. The summed E-state index contributed by atoms with van der Waals surface area (Å²) in [6.45, 7) is 0.752. The molecule has 0 saturated carbocycles. The van der Waals surface area contributed by atoms with Gasteiger partial charge in [0.25, 0.3) is 0 Å². The van der Waals surface area contributed by atoms with E-state index in [4.69, 9.17) is 4.74 Å². The van der Waals surface area contributed by atoms with Gasteiger partial charge in [-0.3, -0.25) is 4.79 Å². The highest BCUT2D eigenvalue weighted by Crippen LogP contribution is 2.33. The summed E-state index contributed by atoms with van der Waals surface area (Å²) in [7, 11) is 0. The van der Waals surface area contributed by atoms with Crippen molar-refractivity contribution >= 4 is 44.1 Å². The van der Waals surface area contributed by atoms with Crippen LogP contribution in [0.3, 0.4) is 0 Å². The summed E-state index contributed by atoms with van der Waals surface area (Å²) in [5.41, 5.74) is 0.909. The summed E-state index contributed by atoms with van der Waals surface area (Å²) < 4.78 is 6.79. The molecule has 3 aromatic rings. The van der Waals surface area contributed by atoms with Crippen LogP contribution in [0.15, 0.2) is 52.4 Å². The van der Waals surface area contributed by atoms with Crippen LogP contribution in [0.4, 0.5) is 10.9 Å². The van der Waals surface area contributed by atoms with Crippen LogP contribution in [-0.2, 0) is 11.2 Å². The van der Waals surface area contributed by atoms with Crippen LogP contribution >= 0.6 is 27.3 Å². The number of hydrogen-bond donors (Lipinski definition) is 2. The quantitative estimate of drug-likeness (QED) is 0.584. The fourth-order valence-electron chi connectivity index (χ4n) is 2.86. The van der Waals surface area contributed by atoms with E-state index in [0.717, 1.165) is 34.0 Å². The van der Waals surface area contributed by atoms with Crippen LogP contribution in [0.2, 0.25) is 0 Å². The number of benzene rings is 1. The Morgan fingerprint density at radius 1 is 1.33 bits per heavy atom. The molecular formula is C19H17BrN4O2S. The molecule has 1 aromatic carbocycles. The van der Waals surface area contributed by atoms with E-state index in [1.165, 1.54) is 11.3 Å². The second kappa shape index (κ2) is 8.06. The average Bonchev–Trinajstić information content (AvgIpc) is 3.28. The Morgan fingerprint density at radius 3 is 2.96 bits per heavy atom. The monoisotopic (exact) mass is 444 g/mol. The number of aromatic nitrogens is 2. The van der Waals surface area contributed by atoms with Gasteiger partial charge < -0.3 is 15.4 Å². The van der Waals surface area contributed by atoms with Gasteiger partial charge in [0.15, 0.2) is 16.7 Å². The van der Waals surface area contributed by atoms with Crippen molar-refractivity contribution in [2.75, 3.05) is 11.9 Å². The van der Waals surface area contributed by atoms with Crippen molar-refractivity contribution in [3.05, 3.63) is 58.1 Å². The highest BCUT2D eigenvalue weighted by Gasteiger charge is 2.25. The largest absolute Gasteiger partial charge is 0.453 e. The van der Waals surface area contributed by atoms with E-state index in [9.17, 15) is 4.79 Å². The van der Waals surface area contributed by atoms with E-state index in [0.29, 0.717) is 18.0 Å². The van der Waals surface area contributed by atoms with Crippen LogP contribution in [0.1, 0.15) is 12.1 Å². The van der Waals surface area contributed by atoms with E-state index in [-0.39, 0.29) is 11.8 Å². The molecule has 0 spiro atoms. The first-order valence-electron chi connectivity index (χ1n) is 8.55. The van der Waals surface area contributed by atoms with Crippen molar-refractivity contribution in [1.29, 1.82) is 0 Å². The molecule has 0 radical (unpaired) electrons. The van der Waals surface area contributed by atoms with Crippen molar-refractivity contribution in [2.45, 2.75) is 12.8 Å². The van der Waals surface area contributed by atoms with Crippen molar-refractivity contribution in [3.8, 4) is 11.5 Å². The summed E-state index contributed by atoms with van der Waals surface area (Å²) >= 11 is 4.92. The Kier molecular flexibility index (Phi) is 5.35. The second-order valence-corrected chi connectivity index (χ2v) is 7.94. The number of thiazole rings is 1. The lowest BCUT2D eigenvalue weighted by molar-refractivity contribution is -0.122. The van der Waals surface area contributed by atoms with Crippen molar-refractivity contribution in [2.24, 2.45) is 5.92 Å². The molecule has 2 N–H and O–H groups in total. The van der Waals surface area contributed by atoms with E-state index in [2.05, 4.69) is 36.5 Å².